The van der Waals surface area contributed by atoms with Gasteiger partial charge in [-0.15, -0.1) is 0 Å². The highest BCUT2D eigenvalue weighted by molar-refractivity contribution is 7.85. The number of halogens is 3. The molecule has 3 heterocycles. The third-order valence-electron chi connectivity index (χ3n) is 9.98. The van der Waals surface area contributed by atoms with E-state index in [2.05, 4.69) is 24.5 Å². The number of nitrogens with zero attached hydrogens (tertiary/aromatic N) is 7. The van der Waals surface area contributed by atoms with Gasteiger partial charge in [0.15, 0.2) is 0 Å². The first-order chi connectivity index (χ1) is 27.2. The van der Waals surface area contributed by atoms with Crippen molar-refractivity contribution in [2.24, 2.45) is 5.92 Å². The number of carbonyl (C=O) groups excluding carboxylic acids is 2. The molecule has 1 atom stereocenters. The van der Waals surface area contributed by atoms with E-state index in [9.17, 15) is 45.8 Å². The smallest absolute Gasteiger partial charge is 0.416 e. The lowest BCUT2D eigenvalue weighted by Gasteiger charge is -2.38. The highest BCUT2D eigenvalue weighted by atomic mass is 32.2. The molecule has 3 aromatic carbocycles. The maximum absolute atomic E-state index is 14.1. The fraction of sp³-hybridized carbons (Fsp3) is 0.325. The van der Waals surface area contributed by atoms with E-state index in [4.69, 9.17) is 0 Å². The van der Waals surface area contributed by atoms with Gasteiger partial charge in [-0.1, -0.05) is 24.3 Å². The van der Waals surface area contributed by atoms with Gasteiger partial charge in [-0.05, 0) is 80.4 Å². The van der Waals surface area contributed by atoms with E-state index in [1.807, 2.05) is 6.07 Å². The summed E-state index contributed by atoms with van der Waals surface area (Å²) < 4.78 is 76.0. The summed E-state index contributed by atoms with van der Waals surface area (Å²) in [5.74, 6) is -0.0113. The van der Waals surface area contributed by atoms with Gasteiger partial charge in [-0.3, -0.25) is 9.36 Å². The third-order valence-corrected chi connectivity index (χ3v) is 10.8. The molecule has 0 unspecified atom stereocenters. The molecular formula is C40H43F3N8O6S. The fourth-order valence-corrected chi connectivity index (χ4v) is 7.29. The Bertz CT molecular complexity index is 2480. The van der Waals surface area contributed by atoms with Crippen LogP contribution in [0.3, 0.4) is 0 Å². The Hall–Kier alpha value is -6.03. The van der Waals surface area contributed by atoms with E-state index in [1.54, 1.807) is 48.3 Å². The number of likely N-dealkylation sites (N-methyl/N-ethyl adjacent to an activating group) is 1. The van der Waals surface area contributed by atoms with Crippen molar-refractivity contribution in [2.45, 2.75) is 43.8 Å². The van der Waals surface area contributed by atoms with E-state index in [0.29, 0.717) is 23.7 Å². The largest absolute Gasteiger partial charge is 0.744 e. The lowest BCUT2D eigenvalue weighted by atomic mass is 9.95. The van der Waals surface area contributed by atoms with E-state index in [1.165, 1.54) is 61.1 Å². The first kappa shape index (κ1) is 43.1. The Kier molecular flexibility index (Phi) is 12.8. The predicted octanol–water partition coefficient (Wildman–Crippen LogP) is 5.17. The molecule has 1 N–H and O–H groups in total. The summed E-state index contributed by atoms with van der Waals surface area (Å²) in [6.07, 6.45) is -1.27. The standard InChI is InChI=1S/C34H37F3N8O3.C6H6O3S/c1-22(31(46)41(3)21-25-14-17-45(4,5)18-15-25)40-32(47)43-30(29-13-16-39-44(29)27-11-9-24(20-38)10-12-27)23(2)42(33(43)48)28-8-6-7-26(19-28)34(35,36)37;7-10(8,9)6-4-2-1-3-5-6/h6-13,16,19,22,25H,14-15,17-18,21H2,1-5H3;1-5H,(H,7,8,9)/t22-;/m0./s1. The minimum absolute atomic E-state index is 0.0627. The summed E-state index contributed by atoms with van der Waals surface area (Å²) in [6, 6.07) is 19.6. The van der Waals surface area contributed by atoms with E-state index >= 15 is 0 Å². The highest BCUT2D eigenvalue weighted by Gasteiger charge is 2.33. The van der Waals surface area contributed by atoms with Crippen molar-refractivity contribution in [1.29, 1.82) is 5.26 Å². The molecule has 2 aromatic heterocycles. The lowest BCUT2D eigenvalue weighted by molar-refractivity contribution is -0.896. The van der Waals surface area contributed by atoms with E-state index < -0.39 is 39.6 Å². The molecule has 0 radical (unpaired) electrons. The summed E-state index contributed by atoms with van der Waals surface area (Å²) in [6.45, 7) is 5.58. The van der Waals surface area contributed by atoms with Gasteiger partial charge in [0.25, 0.3) is 0 Å². The molecule has 0 aliphatic carbocycles. The van der Waals surface area contributed by atoms with Crippen LogP contribution in [0.5, 0.6) is 0 Å². The van der Waals surface area contributed by atoms with Gasteiger partial charge >= 0.3 is 17.9 Å². The molecule has 1 aliphatic heterocycles. The molecule has 1 aliphatic rings. The van der Waals surface area contributed by atoms with Crippen LogP contribution in [-0.2, 0) is 21.1 Å². The number of amides is 2. The van der Waals surface area contributed by atoms with Crippen molar-refractivity contribution in [3.05, 3.63) is 118 Å². The molecule has 1 saturated heterocycles. The Morgan fingerprint density at radius 3 is 2.22 bits per heavy atom. The zero-order valence-corrected chi connectivity index (χ0v) is 33.3. The van der Waals surface area contributed by atoms with Crippen LogP contribution < -0.4 is 11.0 Å². The van der Waals surface area contributed by atoms with Crippen molar-refractivity contribution < 1.29 is 40.2 Å². The quantitative estimate of drug-likeness (QED) is 0.165. The maximum atomic E-state index is 14.1. The number of alkyl halides is 3. The zero-order chi connectivity index (χ0) is 42.6. The number of likely N-dealkylation sites (tertiary alicyclic amines) is 1. The first-order valence-corrected chi connectivity index (χ1v) is 19.6. The van der Waals surface area contributed by atoms with Crippen LogP contribution in [0.2, 0.25) is 0 Å². The van der Waals surface area contributed by atoms with E-state index in [-0.39, 0.29) is 33.6 Å². The van der Waals surface area contributed by atoms with Crippen LogP contribution >= 0.6 is 0 Å². The number of imidazole rings is 1. The Morgan fingerprint density at radius 2 is 1.66 bits per heavy atom. The summed E-state index contributed by atoms with van der Waals surface area (Å²) in [5, 5.41) is 16.2. The van der Waals surface area contributed by atoms with Crippen LogP contribution in [0, 0.1) is 24.2 Å². The molecule has 0 spiro atoms. The molecule has 58 heavy (non-hydrogen) atoms. The summed E-state index contributed by atoms with van der Waals surface area (Å²) in [4.78, 5) is 42.8. The molecule has 14 nitrogen and oxygen atoms in total. The van der Waals surface area contributed by atoms with Gasteiger partial charge in [-0.2, -0.15) is 23.5 Å². The van der Waals surface area contributed by atoms with Crippen molar-refractivity contribution in [1.82, 2.24) is 29.1 Å². The summed E-state index contributed by atoms with van der Waals surface area (Å²) >= 11 is 0. The SMILES string of the molecule is Cc1c(-c2ccnn2-c2ccc(C#N)cc2)n(C(=O)N[C@@H](C)C(=O)N(C)CC2CC[N+](C)(C)CC2)c(=O)n1-c1cccc(C(F)(F)F)c1.O=S(=O)([O-])c1ccccc1. The highest BCUT2D eigenvalue weighted by Crippen LogP contribution is 2.32. The van der Waals surface area contributed by atoms with Crippen molar-refractivity contribution in [2.75, 3.05) is 40.8 Å². The van der Waals surface area contributed by atoms with Gasteiger partial charge in [0.1, 0.15) is 21.9 Å². The monoisotopic (exact) mass is 820 g/mol. The molecule has 306 valence electrons. The molecule has 5 aromatic rings. The summed E-state index contributed by atoms with van der Waals surface area (Å²) in [7, 11) is 1.79. The topological polar surface area (TPSA) is 175 Å². The molecule has 0 saturated carbocycles. The van der Waals surface area contributed by atoms with Crippen molar-refractivity contribution in [3.63, 3.8) is 0 Å². The molecule has 18 heteroatoms. The predicted molar refractivity (Wildman–Crippen MR) is 207 cm³/mol. The van der Waals surface area contributed by atoms with Crippen LogP contribution in [0.25, 0.3) is 22.8 Å². The minimum Gasteiger partial charge on any atom is -0.744 e. The Labute approximate surface area is 333 Å². The number of piperidine rings is 1. The molecule has 1 fully saturated rings. The van der Waals surface area contributed by atoms with Crippen molar-refractivity contribution in [3.8, 4) is 28.8 Å². The average Bonchev–Trinajstić information content (AvgIpc) is 3.76. The second kappa shape index (κ2) is 17.2. The Balaban J connectivity index is 0.000000559. The number of aromatic nitrogens is 4. The van der Waals surface area contributed by atoms with Crippen LogP contribution in [0.4, 0.5) is 18.0 Å². The van der Waals surface area contributed by atoms with E-state index in [0.717, 1.165) is 51.7 Å². The normalized spacial score (nSPS) is 14.8. The molecule has 2 amide bonds. The van der Waals surface area contributed by atoms with Gasteiger partial charge in [0, 0.05) is 26.4 Å². The van der Waals surface area contributed by atoms with Gasteiger partial charge in [0.2, 0.25) is 5.91 Å². The Morgan fingerprint density at radius 1 is 1.02 bits per heavy atom. The molecule has 0 bridgehead atoms. The number of hydrogen-bond acceptors (Lipinski definition) is 8. The number of nitriles is 1. The zero-order valence-electron chi connectivity index (χ0n) is 32.5. The van der Waals surface area contributed by atoms with Gasteiger partial charge in [0.05, 0.1) is 78.2 Å². The second-order valence-corrected chi connectivity index (χ2v) is 16.1. The molecular weight excluding hydrogens is 778 g/mol. The van der Waals surface area contributed by atoms with Crippen LogP contribution in [0.15, 0.2) is 101 Å². The number of hydrogen-bond donors (Lipinski definition) is 1. The van der Waals surface area contributed by atoms with Gasteiger partial charge in [-0.25, -0.2) is 27.3 Å². The number of nitrogens with one attached hydrogen (secondary N) is 1. The first-order valence-electron chi connectivity index (χ1n) is 18.2. The summed E-state index contributed by atoms with van der Waals surface area (Å²) in [5.41, 5.74) is -0.557. The fourth-order valence-electron chi connectivity index (χ4n) is 6.80. The average molecular weight is 821 g/mol. The third kappa shape index (κ3) is 9.91. The van der Waals surface area contributed by atoms with Crippen LogP contribution in [0.1, 0.15) is 36.6 Å². The minimum atomic E-state index is -4.67. The van der Waals surface area contributed by atoms with Gasteiger partial charge < -0.3 is 19.3 Å². The molecule has 6 rings (SSSR count). The lowest BCUT2D eigenvalue weighted by Crippen LogP contribution is -2.51. The van der Waals surface area contributed by atoms with Crippen molar-refractivity contribution >= 4 is 22.1 Å². The van der Waals surface area contributed by atoms with Crippen LogP contribution in [-0.4, -0.2) is 100 Å². The number of rotatable bonds is 8. The second-order valence-electron chi connectivity index (χ2n) is 14.7. The number of benzene rings is 3. The number of carbonyl (C=O) groups is 2. The maximum Gasteiger partial charge on any atom is 0.416 e. The number of quaternary nitrogens is 1.